The van der Waals surface area contributed by atoms with E-state index in [0.717, 1.165) is 88.2 Å². The van der Waals surface area contributed by atoms with Gasteiger partial charge >= 0.3 is 5.63 Å². The molecule has 1 aliphatic carbocycles. The number of nitrogens with one attached hydrogen (secondary N) is 2. The molecule has 0 spiro atoms. The van der Waals surface area contributed by atoms with E-state index in [1.807, 2.05) is 6.07 Å². The molecule has 8 heteroatoms. The van der Waals surface area contributed by atoms with Crippen molar-refractivity contribution < 1.29 is 19.1 Å². The van der Waals surface area contributed by atoms with Gasteiger partial charge in [-0.15, -0.1) is 0 Å². The molecule has 35 heavy (non-hydrogen) atoms. The third kappa shape index (κ3) is 4.94. The minimum absolute atomic E-state index is 0.0437. The first-order valence-electron chi connectivity index (χ1n) is 13.1. The van der Waals surface area contributed by atoms with E-state index >= 15 is 0 Å². The summed E-state index contributed by atoms with van der Waals surface area (Å²) < 4.78 is 5.70. The molecular formula is C27H35N3O5. The largest absolute Gasteiger partial charge is 0.422 e. The van der Waals surface area contributed by atoms with Crippen LogP contribution < -0.4 is 21.2 Å². The van der Waals surface area contributed by atoms with Gasteiger partial charge in [-0.1, -0.05) is 32.1 Å². The molecule has 1 atom stereocenters. The van der Waals surface area contributed by atoms with Crippen molar-refractivity contribution in [2.24, 2.45) is 0 Å². The van der Waals surface area contributed by atoms with Gasteiger partial charge in [0.1, 0.15) is 17.2 Å². The van der Waals surface area contributed by atoms with E-state index in [4.69, 9.17) is 4.42 Å². The van der Waals surface area contributed by atoms with Gasteiger partial charge in [-0.05, 0) is 56.2 Å². The van der Waals surface area contributed by atoms with Crippen molar-refractivity contribution in [3.8, 4) is 0 Å². The van der Waals surface area contributed by atoms with Gasteiger partial charge in [-0.2, -0.15) is 0 Å². The minimum Gasteiger partial charge on any atom is -0.422 e. The van der Waals surface area contributed by atoms with E-state index in [-0.39, 0.29) is 11.6 Å². The molecule has 1 saturated carbocycles. The Bertz CT molecular complexity index is 1160. The third-order valence-electron chi connectivity index (χ3n) is 7.72. The maximum absolute atomic E-state index is 13.0. The Morgan fingerprint density at radius 3 is 2.49 bits per heavy atom. The number of aryl methyl sites for hydroxylation is 2. The lowest BCUT2D eigenvalue weighted by molar-refractivity contribution is -0.124. The maximum Gasteiger partial charge on any atom is 0.349 e. The number of aliphatic hydroxyl groups is 1. The number of rotatable bonds is 5. The fraction of sp³-hybridized carbons (Fsp3) is 0.593. The third-order valence-corrected chi connectivity index (χ3v) is 7.72. The summed E-state index contributed by atoms with van der Waals surface area (Å²) in [4.78, 5) is 41.0. The number of carbonyl (C=O) groups is 2. The van der Waals surface area contributed by atoms with Crippen LogP contribution in [0.4, 0.5) is 5.69 Å². The van der Waals surface area contributed by atoms with E-state index in [2.05, 4.69) is 15.5 Å². The van der Waals surface area contributed by atoms with Crippen molar-refractivity contribution in [1.82, 2.24) is 10.6 Å². The Morgan fingerprint density at radius 1 is 1.03 bits per heavy atom. The molecule has 2 amide bonds. The van der Waals surface area contributed by atoms with Crippen molar-refractivity contribution in [2.45, 2.75) is 82.7 Å². The highest BCUT2D eigenvalue weighted by molar-refractivity contribution is 6.00. The highest BCUT2D eigenvalue weighted by atomic mass is 16.4. The number of hydrogen-bond acceptors (Lipinski definition) is 6. The highest BCUT2D eigenvalue weighted by Gasteiger charge is 2.29. The van der Waals surface area contributed by atoms with Crippen LogP contribution in [0.15, 0.2) is 21.3 Å². The molecule has 188 valence electrons. The lowest BCUT2D eigenvalue weighted by atomic mass is 9.90. The van der Waals surface area contributed by atoms with Crippen LogP contribution in [0, 0.1) is 0 Å². The van der Waals surface area contributed by atoms with Crippen LogP contribution in [0.3, 0.4) is 0 Å². The topological polar surface area (TPSA) is 112 Å². The van der Waals surface area contributed by atoms with Crippen LogP contribution in [0.1, 0.15) is 79.3 Å². The molecule has 2 aromatic rings. The van der Waals surface area contributed by atoms with Gasteiger partial charge in [0.15, 0.2) is 0 Å². The molecule has 8 nitrogen and oxygen atoms in total. The smallest absolute Gasteiger partial charge is 0.349 e. The van der Waals surface area contributed by atoms with Crippen molar-refractivity contribution in [1.29, 1.82) is 0 Å². The zero-order valence-corrected chi connectivity index (χ0v) is 20.2. The van der Waals surface area contributed by atoms with Crippen molar-refractivity contribution in [3.05, 3.63) is 39.2 Å². The Morgan fingerprint density at radius 2 is 1.74 bits per heavy atom. The van der Waals surface area contributed by atoms with E-state index in [1.54, 1.807) is 6.07 Å². The van der Waals surface area contributed by atoms with E-state index in [9.17, 15) is 19.5 Å². The molecule has 3 aliphatic rings. The summed E-state index contributed by atoms with van der Waals surface area (Å²) in [5.41, 5.74) is 3.16. The molecule has 0 unspecified atom stereocenters. The summed E-state index contributed by atoms with van der Waals surface area (Å²) in [6.45, 7) is 1.49. The minimum atomic E-state index is -1.12. The van der Waals surface area contributed by atoms with Crippen molar-refractivity contribution >= 4 is 28.5 Å². The second kappa shape index (κ2) is 10.4. The van der Waals surface area contributed by atoms with Gasteiger partial charge in [0.05, 0.1) is 6.61 Å². The maximum atomic E-state index is 13.0. The predicted octanol–water partition coefficient (Wildman–Crippen LogP) is 2.81. The number of carbonyl (C=O) groups excluding carboxylic acids is 2. The molecule has 3 N–H and O–H groups in total. The highest BCUT2D eigenvalue weighted by Crippen LogP contribution is 2.39. The van der Waals surface area contributed by atoms with Gasteiger partial charge in [0.25, 0.3) is 5.91 Å². The molecule has 0 radical (unpaired) electrons. The van der Waals surface area contributed by atoms with Crippen LogP contribution in [0.2, 0.25) is 0 Å². The Kier molecular flexibility index (Phi) is 7.09. The summed E-state index contributed by atoms with van der Waals surface area (Å²) in [6, 6.07) is 2.52. The van der Waals surface area contributed by atoms with Gasteiger partial charge < -0.3 is 25.1 Å². The van der Waals surface area contributed by atoms with Crippen LogP contribution >= 0.6 is 0 Å². The zero-order chi connectivity index (χ0) is 24.4. The van der Waals surface area contributed by atoms with E-state index in [0.29, 0.717) is 5.58 Å². The van der Waals surface area contributed by atoms with Crippen molar-refractivity contribution in [3.63, 3.8) is 0 Å². The van der Waals surface area contributed by atoms with Crippen LogP contribution in [0.5, 0.6) is 0 Å². The lowest BCUT2D eigenvalue weighted by Gasteiger charge is -2.37. The number of anilines is 1. The number of hydrogen-bond donors (Lipinski definition) is 3. The number of aliphatic hydroxyl groups excluding tert-OH is 1. The molecule has 1 aromatic carbocycles. The molecule has 0 bridgehead atoms. The average molecular weight is 482 g/mol. The average Bonchev–Trinajstić information content (AvgIpc) is 2.84. The zero-order valence-electron chi connectivity index (χ0n) is 20.2. The number of benzene rings is 1. The summed E-state index contributed by atoms with van der Waals surface area (Å²) >= 11 is 0. The van der Waals surface area contributed by atoms with Gasteiger partial charge in [-0.3, -0.25) is 9.59 Å². The summed E-state index contributed by atoms with van der Waals surface area (Å²) in [7, 11) is 0. The molecule has 1 fully saturated rings. The lowest BCUT2D eigenvalue weighted by Crippen LogP contribution is -2.52. The second-order valence-corrected chi connectivity index (χ2v) is 10.2. The van der Waals surface area contributed by atoms with E-state index < -0.39 is 30.1 Å². The van der Waals surface area contributed by atoms with Crippen LogP contribution in [-0.2, 0) is 17.6 Å². The Labute approximate surface area is 205 Å². The second-order valence-electron chi connectivity index (χ2n) is 10.2. The van der Waals surface area contributed by atoms with Gasteiger partial charge in [-0.25, -0.2) is 4.79 Å². The molecule has 3 heterocycles. The first-order chi connectivity index (χ1) is 17.0. The summed E-state index contributed by atoms with van der Waals surface area (Å²) in [5, 5.41) is 16.1. The Balaban J connectivity index is 1.36. The molecule has 1 aromatic heterocycles. The monoisotopic (exact) mass is 481 g/mol. The fourth-order valence-electron chi connectivity index (χ4n) is 5.94. The number of nitrogens with zero attached hydrogens (tertiary/aromatic N) is 1. The molecule has 5 rings (SSSR count). The summed E-state index contributed by atoms with van der Waals surface area (Å²) in [6.07, 6.45) is 11.4. The number of amides is 2. The van der Waals surface area contributed by atoms with Crippen LogP contribution in [-0.4, -0.2) is 48.7 Å². The molecular weight excluding hydrogens is 446 g/mol. The van der Waals surface area contributed by atoms with E-state index in [1.165, 1.54) is 17.7 Å². The fourth-order valence-corrected chi connectivity index (χ4v) is 5.94. The first-order valence-corrected chi connectivity index (χ1v) is 13.1. The predicted molar refractivity (Wildman–Crippen MR) is 134 cm³/mol. The van der Waals surface area contributed by atoms with Crippen molar-refractivity contribution in [2.75, 3.05) is 24.6 Å². The number of fused-ring (bicyclic) bond motifs is 2. The van der Waals surface area contributed by atoms with Crippen LogP contribution in [0.25, 0.3) is 11.0 Å². The quantitative estimate of drug-likeness (QED) is 0.567. The van der Waals surface area contributed by atoms with Gasteiger partial charge in [0.2, 0.25) is 5.91 Å². The SMILES string of the molecule is O=C(N[C@@H](CO)C(=O)NC1CCCCCCC1)c1cc2cc3c4c(c2oc1=O)CCCN4CCC3. The standard InChI is InChI=1S/C27H35N3O5/c31-16-22(26(33)28-19-9-4-2-1-3-5-10-19)29-25(32)21-15-18-14-17-8-6-12-30-13-7-11-20(23(17)30)24(18)35-27(21)34/h14-15,19,22,31H,1-13,16H2,(H,28,33)(H,29,32)/t22-/m0/s1. The molecule has 2 aliphatic heterocycles. The Hall–Kier alpha value is -2.87. The first kappa shape index (κ1) is 23.9. The normalized spacial score (nSPS) is 19.4. The van der Waals surface area contributed by atoms with Gasteiger partial charge in [0, 0.05) is 35.8 Å². The summed E-state index contributed by atoms with van der Waals surface area (Å²) in [5.74, 6) is -1.13. The molecule has 0 saturated heterocycles.